The predicted molar refractivity (Wildman–Crippen MR) is 90.2 cm³/mol. The lowest BCUT2D eigenvalue weighted by molar-refractivity contribution is 0.486. The van der Waals surface area contributed by atoms with Crippen molar-refractivity contribution in [2.75, 3.05) is 0 Å². The third kappa shape index (κ3) is 3.19. The van der Waals surface area contributed by atoms with E-state index in [2.05, 4.69) is 4.98 Å². The first-order valence-corrected chi connectivity index (χ1v) is 8.64. The lowest BCUT2D eigenvalue weighted by Crippen LogP contribution is -2.11. The number of rotatable bonds is 3. The summed E-state index contributed by atoms with van der Waals surface area (Å²) < 4.78 is 30.6. The smallest absolute Gasteiger partial charge is 0.341 e. The van der Waals surface area contributed by atoms with Crippen LogP contribution in [0, 0.1) is 20.8 Å². The Hall–Kier alpha value is -2.40. The monoisotopic (exact) mass is 327 g/mol. The Bertz CT molecular complexity index is 974. The van der Waals surface area contributed by atoms with Crippen molar-refractivity contribution in [3.8, 4) is 5.75 Å². The predicted octanol–water partition coefficient (Wildman–Crippen LogP) is 3.93. The van der Waals surface area contributed by atoms with Gasteiger partial charge in [-0.05, 0) is 61.7 Å². The summed E-state index contributed by atoms with van der Waals surface area (Å²) in [4.78, 5) is 4.34. The number of aryl methyl sites for hydroxylation is 3. The van der Waals surface area contributed by atoms with Crippen LogP contribution < -0.4 is 4.18 Å². The van der Waals surface area contributed by atoms with Crippen molar-refractivity contribution in [2.45, 2.75) is 25.7 Å². The van der Waals surface area contributed by atoms with Gasteiger partial charge in [0.1, 0.15) is 10.6 Å². The van der Waals surface area contributed by atoms with Crippen LogP contribution in [-0.2, 0) is 10.1 Å². The van der Waals surface area contributed by atoms with E-state index in [9.17, 15) is 8.42 Å². The first kappa shape index (κ1) is 15.5. The summed E-state index contributed by atoms with van der Waals surface area (Å²) >= 11 is 0. The number of para-hydroxylation sites is 1. The van der Waals surface area contributed by atoms with Crippen LogP contribution >= 0.6 is 0 Å². The number of nitrogens with zero attached hydrogens (tertiary/aromatic N) is 1. The summed E-state index contributed by atoms with van der Waals surface area (Å²) in [6.45, 7) is 5.71. The molecule has 0 aliphatic heterocycles. The molecule has 0 aliphatic carbocycles. The second kappa shape index (κ2) is 5.66. The highest BCUT2D eigenvalue weighted by molar-refractivity contribution is 7.87. The summed E-state index contributed by atoms with van der Waals surface area (Å²) in [5.74, 6) is 0.312. The molecular weight excluding hydrogens is 310 g/mol. The zero-order chi connectivity index (χ0) is 16.6. The van der Waals surface area contributed by atoms with Gasteiger partial charge in [0.2, 0.25) is 0 Å². The number of hydrogen-bond donors (Lipinski definition) is 0. The highest BCUT2D eigenvalue weighted by atomic mass is 32.2. The molecule has 0 radical (unpaired) electrons. The molecule has 0 N–H and O–H groups in total. The number of benzene rings is 2. The molecule has 2 aromatic carbocycles. The third-order valence-electron chi connectivity index (χ3n) is 3.48. The molecule has 5 heteroatoms. The molecule has 0 atom stereocenters. The van der Waals surface area contributed by atoms with Crippen LogP contribution in [0.5, 0.6) is 5.75 Å². The maximum Gasteiger partial charge on any atom is 0.341 e. The molecule has 0 saturated heterocycles. The molecule has 23 heavy (non-hydrogen) atoms. The van der Waals surface area contributed by atoms with Gasteiger partial charge in [0.05, 0.1) is 5.52 Å². The first-order valence-electron chi connectivity index (χ1n) is 7.23. The van der Waals surface area contributed by atoms with Gasteiger partial charge in [0.15, 0.2) is 0 Å². The minimum atomic E-state index is -3.95. The molecule has 1 heterocycles. The zero-order valence-electron chi connectivity index (χ0n) is 13.2. The van der Waals surface area contributed by atoms with Gasteiger partial charge in [-0.25, -0.2) is 0 Å². The van der Waals surface area contributed by atoms with E-state index in [1.54, 1.807) is 24.4 Å². The molecule has 0 amide bonds. The van der Waals surface area contributed by atoms with E-state index in [0.29, 0.717) is 11.3 Å². The fraction of sp³-hybridized carbons (Fsp3) is 0.167. The number of hydrogen-bond acceptors (Lipinski definition) is 4. The number of pyridine rings is 1. The van der Waals surface area contributed by atoms with Gasteiger partial charge in [-0.1, -0.05) is 18.2 Å². The maximum atomic E-state index is 12.7. The van der Waals surface area contributed by atoms with E-state index >= 15 is 0 Å². The van der Waals surface area contributed by atoms with Crippen LogP contribution in [0.4, 0.5) is 0 Å². The van der Waals surface area contributed by atoms with Crippen molar-refractivity contribution in [2.24, 2.45) is 0 Å². The Kier molecular flexibility index (Phi) is 3.82. The summed E-state index contributed by atoms with van der Waals surface area (Å²) in [7, 11) is -3.95. The molecular formula is C18H17NO3S. The molecule has 3 aromatic rings. The average Bonchev–Trinajstić information content (AvgIpc) is 2.44. The average molecular weight is 327 g/mol. The van der Waals surface area contributed by atoms with Crippen LogP contribution in [0.1, 0.15) is 16.7 Å². The van der Waals surface area contributed by atoms with Crippen molar-refractivity contribution in [1.82, 2.24) is 4.98 Å². The zero-order valence-corrected chi connectivity index (χ0v) is 14.0. The quantitative estimate of drug-likeness (QED) is 0.684. The molecule has 0 unspecified atom stereocenters. The van der Waals surface area contributed by atoms with Crippen molar-refractivity contribution >= 4 is 21.0 Å². The Morgan fingerprint density at radius 3 is 2.30 bits per heavy atom. The van der Waals surface area contributed by atoms with Gasteiger partial charge in [-0.15, -0.1) is 0 Å². The number of aromatic nitrogens is 1. The summed E-state index contributed by atoms with van der Waals surface area (Å²) in [5.41, 5.74) is 3.29. The SMILES string of the molecule is Cc1cc(C)cc(OS(=O)(=O)c2cccc3cc(C)cnc23)c1. The normalized spacial score (nSPS) is 11.6. The van der Waals surface area contributed by atoms with Crippen LogP contribution in [0.3, 0.4) is 0 Å². The molecule has 4 nitrogen and oxygen atoms in total. The molecule has 118 valence electrons. The van der Waals surface area contributed by atoms with Gasteiger partial charge in [0.25, 0.3) is 0 Å². The van der Waals surface area contributed by atoms with Crippen molar-refractivity contribution in [3.63, 3.8) is 0 Å². The van der Waals surface area contributed by atoms with E-state index in [0.717, 1.165) is 22.1 Å². The molecule has 0 aliphatic rings. The van der Waals surface area contributed by atoms with Crippen LogP contribution in [0.15, 0.2) is 53.6 Å². The Morgan fingerprint density at radius 1 is 0.913 bits per heavy atom. The fourth-order valence-corrected chi connectivity index (χ4v) is 3.69. The minimum Gasteiger partial charge on any atom is -0.379 e. The van der Waals surface area contributed by atoms with E-state index in [4.69, 9.17) is 4.18 Å². The second-order valence-corrected chi connectivity index (χ2v) is 7.22. The molecule has 0 fully saturated rings. The molecule has 0 saturated carbocycles. The Labute approximate surface area is 135 Å². The van der Waals surface area contributed by atoms with Gasteiger partial charge in [0, 0.05) is 11.6 Å². The van der Waals surface area contributed by atoms with Gasteiger partial charge >= 0.3 is 10.1 Å². The number of fused-ring (bicyclic) bond motifs is 1. The topological polar surface area (TPSA) is 56.3 Å². The molecule has 0 spiro atoms. The molecule has 1 aromatic heterocycles. The third-order valence-corrected chi connectivity index (χ3v) is 4.76. The second-order valence-electron chi connectivity index (χ2n) is 5.70. The van der Waals surface area contributed by atoms with Gasteiger partial charge < -0.3 is 4.18 Å². The maximum absolute atomic E-state index is 12.7. The van der Waals surface area contributed by atoms with E-state index < -0.39 is 10.1 Å². The van der Waals surface area contributed by atoms with Crippen LogP contribution in [-0.4, -0.2) is 13.4 Å². The van der Waals surface area contributed by atoms with E-state index in [1.807, 2.05) is 39.0 Å². The lowest BCUT2D eigenvalue weighted by atomic mass is 10.1. The lowest BCUT2D eigenvalue weighted by Gasteiger charge is -2.10. The summed E-state index contributed by atoms with van der Waals surface area (Å²) in [6, 6.07) is 12.3. The first-order chi connectivity index (χ1) is 10.8. The van der Waals surface area contributed by atoms with Crippen LogP contribution in [0.2, 0.25) is 0 Å². The van der Waals surface area contributed by atoms with Gasteiger partial charge in [-0.3, -0.25) is 4.98 Å². The largest absolute Gasteiger partial charge is 0.379 e. The summed E-state index contributed by atoms with van der Waals surface area (Å²) in [6.07, 6.45) is 1.65. The molecule has 0 bridgehead atoms. The van der Waals surface area contributed by atoms with E-state index in [-0.39, 0.29) is 4.90 Å². The highest BCUT2D eigenvalue weighted by Crippen LogP contribution is 2.26. The highest BCUT2D eigenvalue weighted by Gasteiger charge is 2.21. The Morgan fingerprint density at radius 2 is 1.61 bits per heavy atom. The van der Waals surface area contributed by atoms with Gasteiger partial charge in [-0.2, -0.15) is 8.42 Å². The molecule has 3 rings (SSSR count). The minimum absolute atomic E-state index is 0.0779. The van der Waals surface area contributed by atoms with Crippen molar-refractivity contribution < 1.29 is 12.6 Å². The van der Waals surface area contributed by atoms with Crippen molar-refractivity contribution in [1.29, 1.82) is 0 Å². The van der Waals surface area contributed by atoms with E-state index in [1.165, 1.54) is 6.07 Å². The standard InChI is InChI=1S/C18H17NO3S/c1-12-7-13(2)10-16(9-12)22-23(20,21)17-6-4-5-15-8-14(3)11-19-18(15)17/h4-11H,1-3H3. The van der Waals surface area contributed by atoms with Crippen molar-refractivity contribution in [3.05, 3.63) is 65.4 Å². The fourth-order valence-electron chi connectivity index (χ4n) is 2.60. The summed E-state index contributed by atoms with van der Waals surface area (Å²) in [5, 5.41) is 0.773. The Balaban J connectivity index is 2.09. The van der Waals surface area contributed by atoms with Crippen LogP contribution in [0.25, 0.3) is 10.9 Å².